The Bertz CT molecular complexity index is 512. The molecule has 0 fully saturated rings. The van der Waals surface area contributed by atoms with Crippen molar-refractivity contribution in [1.82, 2.24) is 0 Å². The highest BCUT2D eigenvalue weighted by atomic mass is 35.5. The molecule has 0 aromatic heterocycles. The third kappa shape index (κ3) is 2.38. The van der Waals surface area contributed by atoms with Crippen LogP contribution in [0.25, 0.3) is 0 Å². The number of phenolic OH excluding ortho intramolecular Hbond substituents is 1. The predicted octanol–water partition coefficient (Wildman–Crippen LogP) is 2.73. The fourth-order valence-corrected chi connectivity index (χ4v) is 1.46. The fourth-order valence-electron chi connectivity index (χ4n) is 1.24. The highest BCUT2D eigenvalue weighted by Crippen LogP contribution is 2.20. The van der Waals surface area contributed by atoms with Crippen molar-refractivity contribution in [3.05, 3.63) is 47.5 Å². The molecular formula is C12H8ClNO2. The summed E-state index contributed by atoms with van der Waals surface area (Å²) in [5, 5.41) is 9.42. The number of rotatable bonds is 1. The van der Waals surface area contributed by atoms with E-state index in [1.807, 2.05) is 0 Å². The van der Waals surface area contributed by atoms with Crippen molar-refractivity contribution < 1.29 is 9.90 Å². The highest BCUT2D eigenvalue weighted by Gasteiger charge is 2.08. The van der Waals surface area contributed by atoms with Crippen LogP contribution < -0.4 is 0 Å². The molecule has 0 saturated heterocycles. The van der Waals surface area contributed by atoms with Crippen LogP contribution in [0.1, 0.15) is 0 Å². The maximum atomic E-state index is 11.0. The monoisotopic (exact) mass is 233 g/mol. The summed E-state index contributed by atoms with van der Waals surface area (Å²) in [7, 11) is 0. The topological polar surface area (TPSA) is 49.7 Å². The van der Waals surface area contributed by atoms with Gasteiger partial charge in [-0.1, -0.05) is 11.6 Å². The van der Waals surface area contributed by atoms with Gasteiger partial charge in [-0.2, -0.15) is 0 Å². The van der Waals surface area contributed by atoms with Gasteiger partial charge in [0, 0.05) is 6.08 Å². The molecule has 0 radical (unpaired) electrons. The molecular weight excluding hydrogens is 226 g/mol. The van der Waals surface area contributed by atoms with Gasteiger partial charge in [0.25, 0.3) is 0 Å². The maximum Gasteiger partial charge on any atom is 0.180 e. The maximum absolute atomic E-state index is 11.0. The van der Waals surface area contributed by atoms with Gasteiger partial charge in [0.05, 0.1) is 16.4 Å². The number of benzene rings is 1. The van der Waals surface area contributed by atoms with E-state index in [4.69, 9.17) is 16.7 Å². The van der Waals surface area contributed by atoms with Crippen LogP contribution in [0.2, 0.25) is 0 Å². The number of hydrogen-bond donors (Lipinski definition) is 1. The lowest BCUT2D eigenvalue weighted by atomic mass is 10.1. The highest BCUT2D eigenvalue weighted by molar-refractivity contribution is 6.48. The minimum atomic E-state index is -0.144. The summed E-state index contributed by atoms with van der Waals surface area (Å²) in [6, 6.07) is 6.40. The first-order chi connectivity index (χ1) is 7.65. The summed E-state index contributed by atoms with van der Waals surface area (Å²) in [5.41, 5.74) is 1.20. The number of aromatic hydroxyl groups is 1. The lowest BCUT2D eigenvalue weighted by Gasteiger charge is -2.03. The van der Waals surface area contributed by atoms with Gasteiger partial charge in [-0.15, -0.1) is 0 Å². The molecule has 1 aliphatic rings. The first-order valence-electron chi connectivity index (χ1n) is 4.62. The Labute approximate surface area is 97.4 Å². The quantitative estimate of drug-likeness (QED) is 0.759. The summed E-state index contributed by atoms with van der Waals surface area (Å²) in [6.45, 7) is 0. The van der Waals surface area contributed by atoms with Gasteiger partial charge in [-0.3, -0.25) is 4.79 Å². The van der Waals surface area contributed by atoms with Gasteiger partial charge in [0.2, 0.25) is 0 Å². The van der Waals surface area contributed by atoms with Gasteiger partial charge in [-0.05, 0) is 36.4 Å². The number of ketones is 1. The summed E-state index contributed by atoms with van der Waals surface area (Å²) >= 11 is 5.87. The third-order valence-corrected chi connectivity index (χ3v) is 2.32. The van der Waals surface area contributed by atoms with Crippen molar-refractivity contribution in [3.8, 4) is 5.75 Å². The molecule has 1 aromatic rings. The van der Waals surface area contributed by atoms with Crippen LogP contribution in [0.3, 0.4) is 0 Å². The van der Waals surface area contributed by atoms with Crippen LogP contribution in [0.5, 0.6) is 5.75 Å². The zero-order valence-electron chi connectivity index (χ0n) is 8.22. The minimum absolute atomic E-state index is 0.144. The number of nitrogens with zero attached hydrogens (tertiary/aromatic N) is 1. The van der Waals surface area contributed by atoms with E-state index in [0.29, 0.717) is 16.4 Å². The van der Waals surface area contributed by atoms with E-state index in [2.05, 4.69) is 4.99 Å². The molecule has 1 aliphatic carbocycles. The van der Waals surface area contributed by atoms with Crippen molar-refractivity contribution in [2.75, 3.05) is 0 Å². The molecule has 3 nitrogen and oxygen atoms in total. The second kappa shape index (κ2) is 4.33. The molecule has 80 valence electrons. The first kappa shape index (κ1) is 10.6. The second-order valence-electron chi connectivity index (χ2n) is 3.24. The number of aliphatic imine (C=N–C) groups is 1. The molecule has 16 heavy (non-hydrogen) atoms. The van der Waals surface area contributed by atoms with Crippen molar-refractivity contribution in [1.29, 1.82) is 0 Å². The van der Waals surface area contributed by atoms with Gasteiger partial charge in [0.15, 0.2) is 5.78 Å². The SMILES string of the molecule is O=C1C=CC(=Nc2ccc(O)cc2)C(Cl)=C1. The number of phenols is 1. The molecule has 4 heteroatoms. The Hall–Kier alpha value is -1.87. The second-order valence-corrected chi connectivity index (χ2v) is 3.65. The molecule has 0 saturated carbocycles. The van der Waals surface area contributed by atoms with E-state index < -0.39 is 0 Å². The van der Waals surface area contributed by atoms with Gasteiger partial charge in [-0.25, -0.2) is 4.99 Å². The van der Waals surface area contributed by atoms with E-state index in [1.165, 1.54) is 24.3 Å². The Morgan fingerprint density at radius 1 is 1.12 bits per heavy atom. The standard InChI is InChI=1S/C12H8ClNO2/c13-11-7-10(16)5-6-12(11)14-8-1-3-9(15)4-2-8/h1-7,15H. The van der Waals surface area contributed by atoms with Crippen LogP contribution in [-0.2, 0) is 4.79 Å². The summed E-state index contributed by atoms with van der Waals surface area (Å²) < 4.78 is 0. The van der Waals surface area contributed by atoms with E-state index in [9.17, 15) is 4.79 Å². The van der Waals surface area contributed by atoms with E-state index in [0.717, 1.165) is 0 Å². The first-order valence-corrected chi connectivity index (χ1v) is 5.00. The minimum Gasteiger partial charge on any atom is -0.508 e. The van der Waals surface area contributed by atoms with Crippen LogP contribution in [0.4, 0.5) is 5.69 Å². The summed E-state index contributed by atoms with van der Waals surface area (Å²) in [6.07, 6.45) is 4.30. The molecule has 0 atom stereocenters. The Kier molecular flexibility index (Phi) is 2.88. The molecule has 0 spiro atoms. The molecule has 2 rings (SSSR count). The van der Waals surface area contributed by atoms with Crippen molar-refractivity contribution in [3.63, 3.8) is 0 Å². The molecule has 0 unspecified atom stereocenters. The molecule has 0 bridgehead atoms. The molecule has 0 amide bonds. The van der Waals surface area contributed by atoms with Gasteiger partial charge < -0.3 is 5.11 Å². The normalized spacial score (nSPS) is 17.7. The number of carbonyl (C=O) groups excluding carboxylic acids is 1. The van der Waals surface area contributed by atoms with Crippen molar-refractivity contribution in [2.24, 2.45) is 4.99 Å². The Morgan fingerprint density at radius 2 is 1.81 bits per heavy atom. The third-order valence-electron chi connectivity index (χ3n) is 2.02. The molecule has 1 N–H and O–H groups in total. The average Bonchev–Trinajstić information content (AvgIpc) is 2.25. The molecule has 0 heterocycles. The number of hydrogen-bond acceptors (Lipinski definition) is 3. The number of halogens is 1. The number of carbonyl (C=O) groups is 1. The van der Waals surface area contributed by atoms with Crippen molar-refractivity contribution >= 4 is 28.8 Å². The van der Waals surface area contributed by atoms with Gasteiger partial charge >= 0.3 is 0 Å². The predicted molar refractivity (Wildman–Crippen MR) is 63.3 cm³/mol. The Balaban J connectivity index is 2.32. The van der Waals surface area contributed by atoms with Crippen molar-refractivity contribution in [2.45, 2.75) is 0 Å². The summed E-state index contributed by atoms with van der Waals surface area (Å²) in [5.74, 6) is 0.0367. The number of allylic oxidation sites excluding steroid dienone is 4. The van der Waals surface area contributed by atoms with E-state index in [1.54, 1.807) is 18.2 Å². The average molecular weight is 234 g/mol. The van der Waals surface area contributed by atoms with Crippen LogP contribution in [0, 0.1) is 0 Å². The van der Waals surface area contributed by atoms with E-state index >= 15 is 0 Å². The lowest BCUT2D eigenvalue weighted by Crippen LogP contribution is -2.03. The van der Waals surface area contributed by atoms with Gasteiger partial charge in [0.1, 0.15) is 5.75 Å². The largest absolute Gasteiger partial charge is 0.508 e. The van der Waals surface area contributed by atoms with E-state index in [-0.39, 0.29) is 11.5 Å². The molecule has 0 aliphatic heterocycles. The molecule has 1 aromatic carbocycles. The summed E-state index contributed by atoms with van der Waals surface area (Å²) in [4.78, 5) is 15.2. The van der Waals surface area contributed by atoms with Crippen LogP contribution in [0.15, 0.2) is 52.5 Å². The fraction of sp³-hybridized carbons (Fsp3) is 0. The lowest BCUT2D eigenvalue weighted by molar-refractivity contribution is -0.110. The smallest absolute Gasteiger partial charge is 0.180 e. The zero-order valence-corrected chi connectivity index (χ0v) is 8.98. The van der Waals surface area contributed by atoms with Crippen LogP contribution in [-0.4, -0.2) is 16.6 Å². The zero-order chi connectivity index (χ0) is 11.5. The van der Waals surface area contributed by atoms with Crippen LogP contribution >= 0.6 is 11.6 Å². The Morgan fingerprint density at radius 3 is 2.44 bits per heavy atom.